The smallest absolute Gasteiger partial charge is 0.124 e. The monoisotopic (exact) mass is 238 g/mol. The average molecular weight is 238 g/mol. The van der Waals surface area contributed by atoms with Gasteiger partial charge in [-0.2, -0.15) is 0 Å². The number of nitrogens with two attached hydrogens (primary N) is 1. The lowest BCUT2D eigenvalue weighted by Crippen LogP contribution is -2.34. The van der Waals surface area contributed by atoms with Crippen molar-refractivity contribution in [3.63, 3.8) is 0 Å². The van der Waals surface area contributed by atoms with Crippen LogP contribution >= 0.6 is 0 Å². The summed E-state index contributed by atoms with van der Waals surface area (Å²) in [7, 11) is 3.62. The SMILES string of the molecule is COc1c(C)cc(N(C)CC(O)CN)cc1C. The van der Waals surface area contributed by atoms with Gasteiger partial charge in [-0.15, -0.1) is 0 Å². The number of hydrogen-bond donors (Lipinski definition) is 2. The normalized spacial score (nSPS) is 12.4. The number of anilines is 1. The number of aryl methyl sites for hydroxylation is 2. The Morgan fingerprint density at radius 1 is 1.35 bits per heavy atom. The van der Waals surface area contributed by atoms with Crippen LogP contribution in [0, 0.1) is 13.8 Å². The van der Waals surface area contributed by atoms with Crippen molar-refractivity contribution in [1.82, 2.24) is 0 Å². The molecule has 1 rings (SSSR count). The van der Waals surface area contributed by atoms with Gasteiger partial charge in [0.2, 0.25) is 0 Å². The van der Waals surface area contributed by atoms with Gasteiger partial charge in [-0.25, -0.2) is 0 Å². The van der Waals surface area contributed by atoms with E-state index in [0.29, 0.717) is 6.54 Å². The minimum Gasteiger partial charge on any atom is -0.496 e. The van der Waals surface area contributed by atoms with Crippen LogP contribution in [0.4, 0.5) is 5.69 Å². The van der Waals surface area contributed by atoms with Gasteiger partial charge in [0.1, 0.15) is 5.75 Å². The highest BCUT2D eigenvalue weighted by Crippen LogP contribution is 2.28. The van der Waals surface area contributed by atoms with Gasteiger partial charge in [-0.3, -0.25) is 0 Å². The first-order chi connectivity index (χ1) is 7.99. The Hall–Kier alpha value is -1.26. The van der Waals surface area contributed by atoms with E-state index >= 15 is 0 Å². The molecule has 96 valence electrons. The van der Waals surface area contributed by atoms with Crippen molar-refractivity contribution in [3.8, 4) is 5.75 Å². The zero-order valence-electron chi connectivity index (χ0n) is 11.0. The fourth-order valence-corrected chi connectivity index (χ4v) is 1.97. The lowest BCUT2D eigenvalue weighted by atomic mass is 10.1. The highest BCUT2D eigenvalue weighted by molar-refractivity contribution is 5.56. The molecule has 0 fully saturated rings. The molecule has 1 unspecified atom stereocenters. The zero-order valence-corrected chi connectivity index (χ0v) is 11.0. The minimum absolute atomic E-state index is 0.276. The first kappa shape index (κ1) is 13.8. The summed E-state index contributed by atoms with van der Waals surface area (Å²) in [6.07, 6.45) is -0.497. The quantitative estimate of drug-likeness (QED) is 0.805. The maximum absolute atomic E-state index is 9.54. The topological polar surface area (TPSA) is 58.7 Å². The number of aliphatic hydroxyl groups excluding tert-OH is 1. The standard InChI is InChI=1S/C13H22N2O2/c1-9-5-11(6-10(2)13(9)17-4)15(3)8-12(16)7-14/h5-6,12,16H,7-8,14H2,1-4H3. The van der Waals surface area contributed by atoms with Crippen LogP contribution < -0.4 is 15.4 Å². The number of rotatable bonds is 5. The molecule has 3 N–H and O–H groups in total. The summed E-state index contributed by atoms with van der Waals surface area (Å²) >= 11 is 0. The number of nitrogens with zero attached hydrogens (tertiary/aromatic N) is 1. The molecule has 0 aliphatic rings. The van der Waals surface area contributed by atoms with Gasteiger partial charge in [0.05, 0.1) is 13.2 Å². The largest absolute Gasteiger partial charge is 0.496 e. The summed E-state index contributed by atoms with van der Waals surface area (Å²) in [5.41, 5.74) is 8.66. The minimum atomic E-state index is -0.497. The Labute approximate surface area is 103 Å². The number of hydrogen-bond acceptors (Lipinski definition) is 4. The number of benzene rings is 1. The van der Waals surface area contributed by atoms with Crippen LogP contribution in [0.3, 0.4) is 0 Å². The van der Waals surface area contributed by atoms with Crippen molar-refractivity contribution < 1.29 is 9.84 Å². The molecule has 0 aromatic heterocycles. The second-order valence-electron chi connectivity index (χ2n) is 4.38. The number of ether oxygens (including phenoxy) is 1. The van der Waals surface area contributed by atoms with Crippen molar-refractivity contribution in [2.75, 3.05) is 32.1 Å². The lowest BCUT2D eigenvalue weighted by Gasteiger charge is -2.23. The van der Waals surface area contributed by atoms with Gasteiger partial charge >= 0.3 is 0 Å². The third kappa shape index (κ3) is 3.35. The van der Waals surface area contributed by atoms with Crippen molar-refractivity contribution in [2.24, 2.45) is 5.73 Å². The summed E-state index contributed by atoms with van der Waals surface area (Å²) in [5, 5.41) is 9.54. The molecule has 0 saturated carbocycles. The van der Waals surface area contributed by atoms with E-state index in [1.165, 1.54) is 0 Å². The van der Waals surface area contributed by atoms with Crippen LogP contribution in [0.15, 0.2) is 12.1 Å². The second kappa shape index (κ2) is 5.89. The van der Waals surface area contributed by atoms with Crippen LogP contribution in [0.25, 0.3) is 0 Å². The Kier molecular flexibility index (Phi) is 4.78. The summed E-state index contributed by atoms with van der Waals surface area (Å²) in [4.78, 5) is 2.00. The van der Waals surface area contributed by atoms with Crippen LogP contribution in [0.1, 0.15) is 11.1 Å². The fourth-order valence-electron chi connectivity index (χ4n) is 1.97. The molecule has 0 saturated heterocycles. The highest BCUT2D eigenvalue weighted by Gasteiger charge is 2.10. The van der Waals surface area contributed by atoms with Crippen molar-refractivity contribution >= 4 is 5.69 Å². The molecular formula is C13H22N2O2. The predicted molar refractivity (Wildman–Crippen MR) is 70.8 cm³/mol. The number of aliphatic hydroxyl groups is 1. The van der Waals surface area contributed by atoms with Gasteiger partial charge in [-0.1, -0.05) is 0 Å². The molecule has 0 bridgehead atoms. The van der Waals surface area contributed by atoms with Gasteiger partial charge < -0.3 is 20.5 Å². The van der Waals surface area contributed by atoms with Gasteiger partial charge in [-0.05, 0) is 37.1 Å². The third-order valence-electron chi connectivity index (χ3n) is 2.85. The molecule has 0 aliphatic heterocycles. The number of likely N-dealkylation sites (N-methyl/N-ethyl adjacent to an activating group) is 1. The third-order valence-corrected chi connectivity index (χ3v) is 2.85. The highest BCUT2D eigenvalue weighted by atomic mass is 16.5. The molecule has 0 aliphatic carbocycles. The predicted octanol–water partition coefficient (Wildman–Crippen LogP) is 1.07. The molecule has 0 amide bonds. The van der Waals surface area contributed by atoms with Crippen LogP contribution in [0.2, 0.25) is 0 Å². The molecule has 4 nitrogen and oxygen atoms in total. The summed E-state index contributed by atoms with van der Waals surface area (Å²) in [5.74, 6) is 0.918. The number of methoxy groups -OCH3 is 1. The summed E-state index contributed by atoms with van der Waals surface area (Å²) < 4.78 is 5.32. The van der Waals surface area contributed by atoms with Crippen molar-refractivity contribution in [3.05, 3.63) is 23.3 Å². The van der Waals surface area contributed by atoms with E-state index in [0.717, 1.165) is 22.6 Å². The molecule has 0 radical (unpaired) electrons. The first-order valence-corrected chi connectivity index (χ1v) is 5.74. The molecule has 0 heterocycles. The summed E-state index contributed by atoms with van der Waals surface area (Å²) in [6, 6.07) is 4.10. The van der Waals surface area contributed by atoms with E-state index in [1.54, 1.807) is 7.11 Å². The molecule has 1 aromatic carbocycles. The average Bonchev–Trinajstić information content (AvgIpc) is 2.28. The second-order valence-corrected chi connectivity index (χ2v) is 4.38. The van der Waals surface area contributed by atoms with Crippen LogP contribution in [0.5, 0.6) is 5.75 Å². The van der Waals surface area contributed by atoms with Gasteiger partial charge in [0, 0.05) is 25.8 Å². The molecule has 1 aromatic rings. The van der Waals surface area contributed by atoms with E-state index in [4.69, 9.17) is 10.5 Å². The maximum Gasteiger partial charge on any atom is 0.124 e. The van der Waals surface area contributed by atoms with E-state index in [1.807, 2.05) is 25.8 Å². The van der Waals surface area contributed by atoms with Crippen LogP contribution in [-0.2, 0) is 0 Å². The first-order valence-electron chi connectivity index (χ1n) is 5.74. The maximum atomic E-state index is 9.54. The lowest BCUT2D eigenvalue weighted by molar-refractivity contribution is 0.189. The zero-order chi connectivity index (χ0) is 13.0. The van der Waals surface area contributed by atoms with Crippen molar-refractivity contribution in [2.45, 2.75) is 20.0 Å². The van der Waals surface area contributed by atoms with E-state index < -0.39 is 6.10 Å². The van der Waals surface area contributed by atoms with E-state index in [9.17, 15) is 5.11 Å². The van der Waals surface area contributed by atoms with Gasteiger partial charge in [0.25, 0.3) is 0 Å². The summed E-state index contributed by atoms with van der Waals surface area (Å²) in [6.45, 7) is 4.84. The van der Waals surface area contributed by atoms with Gasteiger partial charge in [0.15, 0.2) is 0 Å². The Bertz CT molecular complexity index is 357. The Morgan fingerprint density at radius 2 is 1.88 bits per heavy atom. The van der Waals surface area contributed by atoms with Crippen molar-refractivity contribution in [1.29, 1.82) is 0 Å². The fraction of sp³-hybridized carbons (Fsp3) is 0.538. The molecule has 0 spiro atoms. The van der Waals surface area contributed by atoms with E-state index in [-0.39, 0.29) is 6.54 Å². The van der Waals surface area contributed by atoms with E-state index in [2.05, 4.69) is 12.1 Å². The molecule has 4 heteroatoms. The molecule has 17 heavy (non-hydrogen) atoms. The van der Waals surface area contributed by atoms with Crippen LogP contribution in [-0.4, -0.2) is 38.5 Å². The Balaban J connectivity index is 2.92. The molecular weight excluding hydrogens is 216 g/mol. The molecule has 1 atom stereocenters. The Morgan fingerprint density at radius 3 is 2.29 bits per heavy atom.